The molecule has 3 rings (SSSR count). The summed E-state index contributed by atoms with van der Waals surface area (Å²) in [6.07, 6.45) is 0. The molecule has 104 valence electrons. The van der Waals surface area contributed by atoms with E-state index in [2.05, 4.69) is 10.0 Å². The highest BCUT2D eigenvalue weighted by Crippen LogP contribution is 2.42. The molecule has 1 heterocycles. The largest absolute Gasteiger partial charge is 0.316 e. The van der Waals surface area contributed by atoms with Crippen molar-refractivity contribution in [3.8, 4) is 0 Å². The number of piperidine rings is 1. The van der Waals surface area contributed by atoms with Crippen LogP contribution in [0.15, 0.2) is 17.0 Å². The molecule has 1 saturated heterocycles. The molecule has 2 unspecified atom stereocenters. The lowest BCUT2D eigenvalue weighted by atomic mass is 10.3. The Morgan fingerprint density at radius 1 is 1.11 bits per heavy atom. The van der Waals surface area contributed by atoms with Crippen LogP contribution in [0.2, 0.25) is 0 Å². The summed E-state index contributed by atoms with van der Waals surface area (Å²) in [5, 5.41) is 3.09. The quantitative estimate of drug-likeness (QED) is 0.802. The third-order valence-electron chi connectivity index (χ3n) is 3.67. The second-order valence-corrected chi connectivity index (χ2v) is 6.49. The average Bonchev–Trinajstić information content (AvgIpc) is 2.78. The lowest BCUT2D eigenvalue weighted by molar-refractivity contribution is 0.431. The number of benzene rings is 1. The Balaban J connectivity index is 1.87. The molecule has 1 aromatic carbocycles. The van der Waals surface area contributed by atoms with Gasteiger partial charge in [-0.05, 0) is 37.1 Å². The minimum atomic E-state index is -4.17. The first kappa shape index (κ1) is 12.9. The summed E-state index contributed by atoms with van der Waals surface area (Å²) >= 11 is 0. The van der Waals surface area contributed by atoms with Crippen LogP contribution in [-0.2, 0) is 10.0 Å². The number of hydrogen-bond acceptors (Lipinski definition) is 3. The van der Waals surface area contributed by atoms with Crippen LogP contribution in [0.3, 0.4) is 0 Å². The van der Waals surface area contributed by atoms with Crippen molar-refractivity contribution in [1.29, 1.82) is 0 Å². The van der Waals surface area contributed by atoms with Gasteiger partial charge < -0.3 is 5.32 Å². The van der Waals surface area contributed by atoms with Gasteiger partial charge in [-0.15, -0.1) is 0 Å². The lowest BCUT2D eigenvalue weighted by Crippen LogP contribution is -2.33. The Labute approximate surface area is 108 Å². The summed E-state index contributed by atoms with van der Waals surface area (Å²) in [6, 6.07) is 1.08. The van der Waals surface area contributed by atoms with E-state index in [0.29, 0.717) is 19.2 Å². The molecule has 0 aromatic heterocycles. The van der Waals surface area contributed by atoms with Crippen molar-refractivity contribution in [2.24, 2.45) is 11.8 Å². The first-order valence-corrected chi connectivity index (χ1v) is 7.26. The van der Waals surface area contributed by atoms with Crippen LogP contribution < -0.4 is 10.0 Å². The molecule has 2 fully saturated rings. The number of rotatable bonds is 3. The predicted molar refractivity (Wildman–Crippen MR) is 60.3 cm³/mol. The van der Waals surface area contributed by atoms with E-state index in [9.17, 15) is 21.6 Å². The van der Waals surface area contributed by atoms with Gasteiger partial charge in [-0.2, -0.15) is 0 Å². The van der Waals surface area contributed by atoms with Crippen molar-refractivity contribution >= 4 is 10.0 Å². The monoisotopic (exact) mass is 292 g/mol. The molecule has 2 N–H and O–H groups in total. The summed E-state index contributed by atoms with van der Waals surface area (Å²) in [4.78, 5) is -0.857. The zero-order chi connectivity index (χ0) is 13.8. The molecule has 8 heteroatoms. The first-order valence-electron chi connectivity index (χ1n) is 5.78. The second-order valence-electron chi connectivity index (χ2n) is 4.81. The van der Waals surface area contributed by atoms with Gasteiger partial charge in [-0.3, -0.25) is 0 Å². The second kappa shape index (κ2) is 4.19. The predicted octanol–water partition coefficient (Wildman–Crippen LogP) is 0.600. The van der Waals surface area contributed by atoms with Gasteiger partial charge in [-0.1, -0.05) is 0 Å². The highest BCUT2D eigenvalue weighted by atomic mass is 32.2. The van der Waals surface area contributed by atoms with E-state index in [1.54, 1.807) is 0 Å². The topological polar surface area (TPSA) is 58.2 Å². The van der Waals surface area contributed by atoms with Crippen molar-refractivity contribution < 1.29 is 21.6 Å². The van der Waals surface area contributed by atoms with E-state index in [1.165, 1.54) is 0 Å². The molecule has 0 radical (unpaired) electrons. The highest BCUT2D eigenvalue weighted by Gasteiger charge is 2.54. The molecule has 0 bridgehead atoms. The van der Waals surface area contributed by atoms with Crippen LogP contribution in [0.1, 0.15) is 0 Å². The van der Waals surface area contributed by atoms with Gasteiger partial charge in [0.15, 0.2) is 17.5 Å². The first-order chi connectivity index (χ1) is 8.92. The minimum absolute atomic E-state index is 0.197. The fourth-order valence-electron chi connectivity index (χ4n) is 2.55. The van der Waals surface area contributed by atoms with E-state index in [1.807, 2.05) is 0 Å². The Kier molecular flexibility index (Phi) is 2.84. The summed E-state index contributed by atoms with van der Waals surface area (Å²) < 4.78 is 65.5. The maximum Gasteiger partial charge on any atom is 0.243 e. The number of fused-ring (bicyclic) bond motifs is 1. The molecule has 1 aliphatic heterocycles. The highest BCUT2D eigenvalue weighted by molar-refractivity contribution is 7.89. The van der Waals surface area contributed by atoms with Crippen LogP contribution in [-0.4, -0.2) is 27.5 Å². The van der Waals surface area contributed by atoms with E-state index < -0.39 is 32.4 Å². The van der Waals surface area contributed by atoms with Gasteiger partial charge in [0.2, 0.25) is 10.0 Å². The van der Waals surface area contributed by atoms with Crippen molar-refractivity contribution in [3.05, 3.63) is 29.6 Å². The average molecular weight is 292 g/mol. The smallest absolute Gasteiger partial charge is 0.243 e. The normalized spacial score (nSPS) is 29.3. The van der Waals surface area contributed by atoms with Crippen molar-refractivity contribution in [3.63, 3.8) is 0 Å². The van der Waals surface area contributed by atoms with Gasteiger partial charge in [-0.25, -0.2) is 26.3 Å². The zero-order valence-electron chi connectivity index (χ0n) is 9.66. The standard InChI is InChI=1S/C11H11F3N2O2S/c12-7-1-2-8(10(14)9(7)13)19(17,18)16-11-5-3-15-4-6(5)11/h1-2,5-6,11,15-16H,3-4H2. The summed E-state index contributed by atoms with van der Waals surface area (Å²) in [5.41, 5.74) is 0. The van der Waals surface area contributed by atoms with Crippen molar-refractivity contribution in [2.75, 3.05) is 13.1 Å². The van der Waals surface area contributed by atoms with Gasteiger partial charge in [0, 0.05) is 6.04 Å². The van der Waals surface area contributed by atoms with Gasteiger partial charge in [0.1, 0.15) is 4.90 Å². The van der Waals surface area contributed by atoms with Crippen LogP contribution in [0.5, 0.6) is 0 Å². The fourth-order valence-corrected chi connectivity index (χ4v) is 3.96. The SMILES string of the molecule is O=S(=O)(NC1C2CNCC21)c1ccc(F)c(F)c1F. The fraction of sp³-hybridized carbons (Fsp3) is 0.455. The van der Waals surface area contributed by atoms with Crippen molar-refractivity contribution in [2.45, 2.75) is 10.9 Å². The molecule has 1 saturated carbocycles. The molecule has 19 heavy (non-hydrogen) atoms. The van der Waals surface area contributed by atoms with Crippen molar-refractivity contribution in [1.82, 2.24) is 10.0 Å². The van der Waals surface area contributed by atoms with Gasteiger partial charge in [0.25, 0.3) is 0 Å². The molecule has 2 aliphatic rings. The van der Waals surface area contributed by atoms with Gasteiger partial charge >= 0.3 is 0 Å². The lowest BCUT2D eigenvalue weighted by Gasteiger charge is -2.10. The maximum atomic E-state index is 13.5. The van der Waals surface area contributed by atoms with E-state index in [4.69, 9.17) is 0 Å². The molecular weight excluding hydrogens is 281 g/mol. The Bertz CT molecular complexity index is 625. The maximum absolute atomic E-state index is 13.5. The van der Waals surface area contributed by atoms with E-state index >= 15 is 0 Å². The molecule has 0 amide bonds. The Hall–Kier alpha value is -1.12. The minimum Gasteiger partial charge on any atom is -0.316 e. The molecule has 1 aliphatic carbocycles. The summed E-state index contributed by atoms with van der Waals surface area (Å²) in [7, 11) is -4.17. The van der Waals surface area contributed by atoms with Crippen LogP contribution in [0.4, 0.5) is 13.2 Å². The third kappa shape index (κ3) is 2.03. The number of sulfonamides is 1. The molecule has 1 aromatic rings. The Morgan fingerprint density at radius 3 is 2.37 bits per heavy atom. The zero-order valence-corrected chi connectivity index (χ0v) is 10.5. The Morgan fingerprint density at radius 2 is 1.74 bits per heavy atom. The van der Waals surface area contributed by atoms with Crippen LogP contribution in [0, 0.1) is 29.3 Å². The summed E-state index contributed by atoms with van der Waals surface area (Å²) in [5.74, 6) is -4.48. The molecular formula is C11H11F3N2O2S. The summed E-state index contributed by atoms with van der Waals surface area (Å²) in [6.45, 7) is 1.41. The number of nitrogens with one attached hydrogen (secondary N) is 2. The number of halogens is 3. The molecule has 2 atom stereocenters. The number of hydrogen-bond donors (Lipinski definition) is 2. The van der Waals surface area contributed by atoms with E-state index in [0.717, 1.165) is 6.07 Å². The molecule has 0 spiro atoms. The van der Waals surface area contributed by atoms with Crippen LogP contribution >= 0.6 is 0 Å². The third-order valence-corrected chi connectivity index (χ3v) is 5.15. The van der Waals surface area contributed by atoms with Gasteiger partial charge in [0.05, 0.1) is 0 Å². The molecule has 4 nitrogen and oxygen atoms in total. The van der Waals surface area contributed by atoms with E-state index in [-0.39, 0.29) is 17.9 Å². The van der Waals surface area contributed by atoms with Crippen LogP contribution in [0.25, 0.3) is 0 Å².